The van der Waals surface area contributed by atoms with E-state index in [-0.39, 0.29) is 16.1 Å². The van der Waals surface area contributed by atoms with Crippen molar-refractivity contribution in [2.45, 2.75) is 6.92 Å². The number of rotatable bonds is 6. The molecule has 0 atom stereocenters. The first-order valence-electron chi connectivity index (χ1n) is 7.82. The summed E-state index contributed by atoms with van der Waals surface area (Å²) in [6.07, 6.45) is 0. The summed E-state index contributed by atoms with van der Waals surface area (Å²) in [7, 11) is 1.23. The molecule has 0 spiro atoms. The Hall–Kier alpha value is -3.46. The summed E-state index contributed by atoms with van der Waals surface area (Å²) in [5.74, 6) is -2.30. The van der Waals surface area contributed by atoms with Crippen LogP contribution < -0.4 is 5.32 Å². The van der Waals surface area contributed by atoms with Crippen LogP contribution in [0.15, 0.2) is 36.4 Å². The maximum Gasteiger partial charge on any atom is 0.345 e. The molecule has 0 fully saturated rings. The predicted molar refractivity (Wildman–Crippen MR) is 99.5 cm³/mol. The van der Waals surface area contributed by atoms with Gasteiger partial charge in [0, 0.05) is 16.8 Å². The third kappa shape index (κ3) is 5.04. The van der Waals surface area contributed by atoms with Crippen molar-refractivity contribution in [3.8, 4) is 0 Å². The van der Waals surface area contributed by atoms with Gasteiger partial charge in [-0.3, -0.25) is 14.9 Å². The van der Waals surface area contributed by atoms with Crippen molar-refractivity contribution >= 4 is 40.8 Å². The molecule has 2 aromatic carbocycles. The van der Waals surface area contributed by atoms with Gasteiger partial charge >= 0.3 is 11.9 Å². The molecule has 146 valence electrons. The number of nitrogens with zero attached hydrogens (tertiary/aromatic N) is 1. The summed E-state index contributed by atoms with van der Waals surface area (Å²) in [5.41, 5.74) is 0.380. The van der Waals surface area contributed by atoms with Gasteiger partial charge in [0.15, 0.2) is 6.61 Å². The monoisotopic (exact) mass is 406 g/mol. The smallest absolute Gasteiger partial charge is 0.345 e. The summed E-state index contributed by atoms with van der Waals surface area (Å²) in [4.78, 5) is 46.0. The van der Waals surface area contributed by atoms with Crippen LogP contribution in [0.4, 0.5) is 11.4 Å². The molecule has 0 aliphatic heterocycles. The van der Waals surface area contributed by atoms with Crippen LogP contribution in [0, 0.1) is 17.0 Å². The number of nitro benzene ring substituents is 1. The van der Waals surface area contributed by atoms with E-state index >= 15 is 0 Å². The number of anilines is 1. The molecule has 0 saturated heterocycles. The lowest BCUT2D eigenvalue weighted by atomic mass is 10.1. The Labute approximate surface area is 164 Å². The van der Waals surface area contributed by atoms with E-state index < -0.39 is 35.1 Å². The Balaban J connectivity index is 2.06. The largest absolute Gasteiger partial charge is 0.465 e. The summed E-state index contributed by atoms with van der Waals surface area (Å²) in [6, 6.07) is 8.03. The average molecular weight is 407 g/mol. The molecular weight excluding hydrogens is 392 g/mol. The lowest BCUT2D eigenvalue weighted by Gasteiger charge is -2.10. The normalized spacial score (nSPS) is 10.1. The van der Waals surface area contributed by atoms with Gasteiger partial charge in [-0.15, -0.1) is 0 Å². The molecule has 0 aromatic heterocycles. The zero-order chi connectivity index (χ0) is 20.8. The molecule has 0 heterocycles. The van der Waals surface area contributed by atoms with Gasteiger partial charge in [-0.25, -0.2) is 9.59 Å². The second-order valence-corrected chi connectivity index (χ2v) is 6.00. The van der Waals surface area contributed by atoms with Crippen molar-refractivity contribution < 1.29 is 28.8 Å². The Morgan fingerprint density at radius 2 is 1.86 bits per heavy atom. The number of ether oxygens (including phenoxy) is 2. The van der Waals surface area contributed by atoms with Gasteiger partial charge in [0.25, 0.3) is 11.6 Å². The number of amides is 1. The molecule has 2 aromatic rings. The Morgan fingerprint density at radius 3 is 2.50 bits per heavy atom. The van der Waals surface area contributed by atoms with Crippen molar-refractivity contribution in [3.05, 3.63) is 68.2 Å². The number of nitrogens with one attached hydrogen (secondary N) is 1. The third-order valence-corrected chi connectivity index (χ3v) is 3.88. The van der Waals surface area contributed by atoms with Crippen LogP contribution in [0.5, 0.6) is 0 Å². The number of hydrogen-bond donors (Lipinski definition) is 1. The summed E-state index contributed by atoms with van der Waals surface area (Å²) < 4.78 is 9.46. The van der Waals surface area contributed by atoms with Crippen LogP contribution >= 0.6 is 11.6 Å². The highest BCUT2D eigenvalue weighted by atomic mass is 35.5. The van der Waals surface area contributed by atoms with Gasteiger partial charge in [0.2, 0.25) is 0 Å². The molecule has 0 aliphatic rings. The number of esters is 2. The fraction of sp³-hybridized carbons (Fsp3) is 0.167. The topological polar surface area (TPSA) is 125 Å². The van der Waals surface area contributed by atoms with E-state index in [1.54, 1.807) is 13.0 Å². The van der Waals surface area contributed by atoms with Gasteiger partial charge in [0.05, 0.1) is 17.6 Å². The quantitative estimate of drug-likeness (QED) is 0.443. The van der Waals surface area contributed by atoms with E-state index in [1.807, 2.05) is 0 Å². The highest BCUT2D eigenvalue weighted by Crippen LogP contribution is 2.24. The molecule has 1 amide bonds. The number of carbonyl (C=O) groups is 3. The van der Waals surface area contributed by atoms with E-state index in [1.165, 1.54) is 25.3 Å². The molecule has 0 unspecified atom stereocenters. The summed E-state index contributed by atoms with van der Waals surface area (Å²) in [6.45, 7) is 1.03. The van der Waals surface area contributed by atoms with Gasteiger partial charge in [-0.2, -0.15) is 0 Å². The minimum atomic E-state index is -1.04. The Bertz CT molecular complexity index is 959. The van der Waals surface area contributed by atoms with Crippen LogP contribution in [-0.4, -0.2) is 36.5 Å². The predicted octanol–water partition coefficient (Wildman–Crippen LogP) is 3.14. The van der Waals surface area contributed by atoms with Crippen LogP contribution in [0.1, 0.15) is 26.3 Å². The zero-order valence-electron chi connectivity index (χ0n) is 14.9. The summed E-state index contributed by atoms with van der Waals surface area (Å²) >= 11 is 5.69. The molecule has 28 heavy (non-hydrogen) atoms. The number of benzene rings is 2. The average Bonchev–Trinajstić information content (AvgIpc) is 2.67. The molecular formula is C18H15ClN2O7. The maximum absolute atomic E-state index is 12.1. The van der Waals surface area contributed by atoms with E-state index in [9.17, 15) is 24.5 Å². The SMILES string of the molecule is COC(=O)c1ccc(C)c(NC(=O)COC(=O)c2ccc(Cl)cc2[N+](=O)[O-])c1. The molecule has 0 saturated carbocycles. The van der Waals surface area contributed by atoms with Crippen LogP contribution in [0.2, 0.25) is 5.02 Å². The van der Waals surface area contributed by atoms with E-state index in [2.05, 4.69) is 10.1 Å². The highest BCUT2D eigenvalue weighted by molar-refractivity contribution is 6.31. The second-order valence-electron chi connectivity index (χ2n) is 5.56. The fourth-order valence-electron chi connectivity index (χ4n) is 2.23. The maximum atomic E-state index is 12.1. The van der Waals surface area contributed by atoms with Crippen molar-refractivity contribution in [2.24, 2.45) is 0 Å². The first-order chi connectivity index (χ1) is 13.2. The number of carbonyl (C=O) groups excluding carboxylic acids is 3. The lowest BCUT2D eigenvalue weighted by Crippen LogP contribution is -2.22. The fourth-order valence-corrected chi connectivity index (χ4v) is 2.39. The highest BCUT2D eigenvalue weighted by Gasteiger charge is 2.22. The Morgan fingerprint density at radius 1 is 1.14 bits per heavy atom. The number of aryl methyl sites for hydroxylation is 1. The number of halogens is 1. The molecule has 0 bridgehead atoms. The first kappa shape index (κ1) is 20.8. The van der Waals surface area contributed by atoms with Crippen LogP contribution in [-0.2, 0) is 14.3 Å². The van der Waals surface area contributed by atoms with Gasteiger partial charge in [0.1, 0.15) is 5.56 Å². The standard InChI is InChI=1S/C18H15ClN2O7/c1-10-3-4-11(17(23)27-2)7-14(10)20-16(22)9-28-18(24)13-6-5-12(19)8-15(13)21(25)26/h3-8H,9H2,1-2H3,(H,20,22). The second kappa shape index (κ2) is 8.96. The zero-order valence-corrected chi connectivity index (χ0v) is 15.6. The minimum Gasteiger partial charge on any atom is -0.465 e. The minimum absolute atomic E-state index is 0.0851. The Kier molecular flexibility index (Phi) is 6.67. The molecule has 9 nitrogen and oxygen atoms in total. The molecule has 1 N–H and O–H groups in total. The van der Waals surface area contributed by atoms with Gasteiger partial charge in [-0.05, 0) is 36.8 Å². The van der Waals surface area contributed by atoms with Gasteiger partial charge in [-0.1, -0.05) is 17.7 Å². The van der Waals surface area contributed by atoms with E-state index in [4.69, 9.17) is 16.3 Å². The molecule has 0 aliphatic carbocycles. The van der Waals surface area contributed by atoms with Crippen molar-refractivity contribution in [2.75, 3.05) is 19.0 Å². The summed E-state index contributed by atoms with van der Waals surface area (Å²) in [5, 5.41) is 13.6. The van der Waals surface area contributed by atoms with Gasteiger partial charge < -0.3 is 14.8 Å². The van der Waals surface area contributed by atoms with Crippen molar-refractivity contribution in [1.29, 1.82) is 0 Å². The van der Waals surface area contributed by atoms with Crippen molar-refractivity contribution in [3.63, 3.8) is 0 Å². The van der Waals surface area contributed by atoms with Crippen molar-refractivity contribution in [1.82, 2.24) is 0 Å². The first-order valence-corrected chi connectivity index (χ1v) is 8.20. The molecule has 10 heteroatoms. The third-order valence-electron chi connectivity index (χ3n) is 3.64. The van der Waals surface area contributed by atoms with E-state index in [0.717, 1.165) is 12.1 Å². The number of hydrogen-bond acceptors (Lipinski definition) is 7. The van der Waals surface area contributed by atoms with Crippen LogP contribution in [0.25, 0.3) is 0 Å². The number of methoxy groups -OCH3 is 1. The molecule has 2 rings (SSSR count). The molecule has 0 radical (unpaired) electrons. The van der Waals surface area contributed by atoms with E-state index in [0.29, 0.717) is 11.3 Å². The number of nitro groups is 1. The van der Waals surface area contributed by atoms with Crippen LogP contribution in [0.3, 0.4) is 0 Å². The lowest BCUT2D eigenvalue weighted by molar-refractivity contribution is -0.385.